The minimum atomic E-state index is -1.02. The lowest BCUT2D eigenvalue weighted by Gasteiger charge is -2.11. The fourth-order valence-electron chi connectivity index (χ4n) is 3.27. The van der Waals surface area contributed by atoms with Gasteiger partial charge in [0.25, 0.3) is 5.91 Å². The molecule has 0 saturated heterocycles. The smallest absolute Gasteiger partial charge is 0.322 e. The number of benzene rings is 3. The zero-order valence-electron chi connectivity index (χ0n) is 18.9. The van der Waals surface area contributed by atoms with Gasteiger partial charge < -0.3 is 10.6 Å². The summed E-state index contributed by atoms with van der Waals surface area (Å²) in [6, 6.07) is 20.9. The van der Waals surface area contributed by atoms with Gasteiger partial charge in [-0.3, -0.25) is 14.4 Å². The van der Waals surface area contributed by atoms with Crippen LogP contribution < -0.4 is 16.1 Å². The van der Waals surface area contributed by atoms with Gasteiger partial charge in [0.1, 0.15) is 5.15 Å². The van der Waals surface area contributed by atoms with Crippen LogP contribution in [0.3, 0.4) is 0 Å². The highest BCUT2D eigenvalue weighted by atomic mass is 79.9. The minimum Gasteiger partial charge on any atom is -0.322 e. The first-order valence-electron chi connectivity index (χ1n) is 10.7. The van der Waals surface area contributed by atoms with Gasteiger partial charge in [0, 0.05) is 21.1 Å². The second-order valence-corrected chi connectivity index (χ2v) is 9.00. The molecular formula is C26H19BrClN5O3. The van der Waals surface area contributed by atoms with E-state index in [1.54, 1.807) is 42.5 Å². The van der Waals surface area contributed by atoms with Gasteiger partial charge in [-0.1, -0.05) is 51.8 Å². The predicted octanol–water partition coefficient (Wildman–Crippen LogP) is 5.30. The summed E-state index contributed by atoms with van der Waals surface area (Å²) < 4.78 is 0.871. The normalized spacial score (nSPS) is 10.9. The molecule has 0 aliphatic rings. The van der Waals surface area contributed by atoms with Gasteiger partial charge in [0.2, 0.25) is 0 Å². The molecule has 4 aromatic rings. The monoisotopic (exact) mass is 563 g/mol. The Kier molecular flexibility index (Phi) is 7.72. The van der Waals surface area contributed by atoms with Crippen LogP contribution >= 0.6 is 27.5 Å². The van der Waals surface area contributed by atoms with Crippen molar-refractivity contribution in [1.82, 2.24) is 10.4 Å². The highest BCUT2D eigenvalue weighted by molar-refractivity contribution is 9.10. The van der Waals surface area contributed by atoms with Gasteiger partial charge in [-0.25, -0.2) is 10.4 Å². The molecule has 0 atom stereocenters. The predicted molar refractivity (Wildman–Crippen MR) is 144 cm³/mol. The highest BCUT2D eigenvalue weighted by Crippen LogP contribution is 2.21. The Hall–Kier alpha value is -4.08. The summed E-state index contributed by atoms with van der Waals surface area (Å²) in [5, 5.41) is 10.1. The maximum absolute atomic E-state index is 12.7. The highest BCUT2D eigenvalue weighted by Gasteiger charge is 2.18. The van der Waals surface area contributed by atoms with Crippen molar-refractivity contribution in [3.63, 3.8) is 0 Å². The molecule has 0 aliphatic carbocycles. The van der Waals surface area contributed by atoms with Crippen molar-refractivity contribution in [2.75, 3.05) is 10.6 Å². The molecule has 0 radical (unpaired) electrons. The zero-order valence-corrected chi connectivity index (χ0v) is 21.2. The molecule has 180 valence electrons. The molecule has 3 aromatic carbocycles. The Bertz CT molecular complexity index is 1510. The van der Waals surface area contributed by atoms with E-state index in [2.05, 4.69) is 42.1 Å². The van der Waals surface area contributed by atoms with E-state index in [0.717, 1.165) is 20.9 Å². The number of aromatic nitrogens is 1. The van der Waals surface area contributed by atoms with Crippen LogP contribution in [-0.2, 0) is 9.59 Å². The van der Waals surface area contributed by atoms with E-state index >= 15 is 0 Å². The first-order valence-corrected chi connectivity index (χ1v) is 11.8. The summed E-state index contributed by atoms with van der Waals surface area (Å²) in [5.74, 6) is -2.45. The molecule has 8 nitrogen and oxygen atoms in total. The molecule has 0 spiro atoms. The number of hydrazone groups is 1. The van der Waals surface area contributed by atoms with E-state index in [1.165, 1.54) is 18.3 Å². The quantitative estimate of drug-likeness (QED) is 0.132. The number of carbonyl (C=O) groups excluding carboxylic acids is 3. The standard InChI is InChI=1S/C26H19BrClN5O3/c1-15-6-7-16-13-17(23(28)31-22(16)12-15)14-29-33-26(36)25(35)32-21-5-3-2-4-20(21)24(34)30-19-10-8-18(27)9-11-19/h2-14H,1H3,(H,30,34)(H,32,35)(H,33,36). The van der Waals surface area contributed by atoms with E-state index in [1.807, 2.05) is 25.1 Å². The summed E-state index contributed by atoms with van der Waals surface area (Å²) in [6.45, 7) is 1.96. The number of carbonyl (C=O) groups is 3. The van der Waals surface area contributed by atoms with Crippen molar-refractivity contribution >= 4 is 73.7 Å². The van der Waals surface area contributed by atoms with Crippen LogP contribution in [0.4, 0.5) is 11.4 Å². The molecule has 0 bridgehead atoms. The van der Waals surface area contributed by atoms with Crippen molar-refractivity contribution in [3.05, 3.63) is 99.1 Å². The first kappa shape index (κ1) is 25.0. The second-order valence-electron chi connectivity index (χ2n) is 7.72. The van der Waals surface area contributed by atoms with Gasteiger partial charge in [0.15, 0.2) is 0 Å². The third-order valence-corrected chi connectivity index (χ3v) is 5.88. The lowest BCUT2D eigenvalue weighted by Crippen LogP contribution is -2.33. The number of anilines is 2. The van der Waals surface area contributed by atoms with Crippen molar-refractivity contribution in [2.45, 2.75) is 6.92 Å². The Balaban J connectivity index is 1.41. The van der Waals surface area contributed by atoms with E-state index in [4.69, 9.17) is 11.6 Å². The molecule has 1 aromatic heterocycles. The van der Waals surface area contributed by atoms with Crippen LogP contribution in [0.15, 0.2) is 82.4 Å². The fourth-order valence-corrected chi connectivity index (χ4v) is 3.73. The average molecular weight is 565 g/mol. The second kappa shape index (κ2) is 11.1. The molecule has 3 amide bonds. The molecule has 0 fully saturated rings. The number of hydrogen-bond donors (Lipinski definition) is 3. The third-order valence-electron chi connectivity index (χ3n) is 5.05. The topological polar surface area (TPSA) is 113 Å². The maximum atomic E-state index is 12.7. The van der Waals surface area contributed by atoms with Gasteiger partial charge in [-0.05, 0) is 61.0 Å². The fraction of sp³-hybridized carbons (Fsp3) is 0.0385. The van der Waals surface area contributed by atoms with Crippen LogP contribution in [0.2, 0.25) is 5.15 Å². The van der Waals surface area contributed by atoms with Gasteiger partial charge in [0.05, 0.1) is 23.0 Å². The Morgan fingerprint density at radius 3 is 2.47 bits per heavy atom. The SMILES string of the molecule is Cc1ccc2cc(C=NNC(=O)C(=O)Nc3ccccc3C(=O)Nc3ccc(Br)cc3)c(Cl)nc2c1. The third kappa shape index (κ3) is 6.12. The van der Waals surface area contributed by atoms with Crippen LogP contribution in [0, 0.1) is 6.92 Å². The number of nitrogens with one attached hydrogen (secondary N) is 3. The minimum absolute atomic E-state index is 0.174. The summed E-state index contributed by atoms with van der Waals surface area (Å²) in [7, 11) is 0. The van der Waals surface area contributed by atoms with Crippen molar-refractivity contribution < 1.29 is 14.4 Å². The summed E-state index contributed by atoms with van der Waals surface area (Å²) in [5.41, 5.74) is 5.37. The van der Waals surface area contributed by atoms with Crippen LogP contribution in [-0.4, -0.2) is 28.9 Å². The van der Waals surface area contributed by atoms with Crippen molar-refractivity contribution in [3.8, 4) is 0 Å². The van der Waals surface area contributed by atoms with E-state index in [0.29, 0.717) is 11.3 Å². The summed E-state index contributed by atoms with van der Waals surface area (Å²) in [6.07, 6.45) is 1.30. The molecule has 36 heavy (non-hydrogen) atoms. The van der Waals surface area contributed by atoms with Crippen LogP contribution in [0.5, 0.6) is 0 Å². The number of rotatable bonds is 5. The van der Waals surface area contributed by atoms with E-state index < -0.39 is 17.7 Å². The summed E-state index contributed by atoms with van der Waals surface area (Å²) >= 11 is 9.56. The number of halogens is 2. The Morgan fingerprint density at radius 2 is 1.69 bits per heavy atom. The number of nitrogens with zero attached hydrogens (tertiary/aromatic N) is 2. The number of para-hydroxylation sites is 1. The molecule has 0 aliphatic heterocycles. The molecule has 0 saturated carbocycles. The number of pyridine rings is 1. The molecule has 1 heterocycles. The van der Waals surface area contributed by atoms with Gasteiger partial charge >= 0.3 is 11.8 Å². The molecule has 10 heteroatoms. The molecule has 3 N–H and O–H groups in total. The summed E-state index contributed by atoms with van der Waals surface area (Å²) in [4.78, 5) is 41.8. The number of amides is 3. The van der Waals surface area contributed by atoms with Crippen LogP contribution in [0.1, 0.15) is 21.5 Å². The molecule has 4 rings (SSSR count). The van der Waals surface area contributed by atoms with Gasteiger partial charge in [-0.15, -0.1) is 0 Å². The average Bonchev–Trinajstić information content (AvgIpc) is 2.86. The first-order chi connectivity index (χ1) is 17.3. The van der Waals surface area contributed by atoms with E-state index in [-0.39, 0.29) is 16.4 Å². The molecular weight excluding hydrogens is 546 g/mol. The van der Waals surface area contributed by atoms with E-state index in [9.17, 15) is 14.4 Å². The van der Waals surface area contributed by atoms with Crippen LogP contribution in [0.25, 0.3) is 10.9 Å². The lowest BCUT2D eigenvalue weighted by atomic mass is 10.1. The van der Waals surface area contributed by atoms with Crippen molar-refractivity contribution in [1.29, 1.82) is 0 Å². The molecule has 0 unspecified atom stereocenters. The Labute approximate surface area is 219 Å². The number of fused-ring (bicyclic) bond motifs is 1. The van der Waals surface area contributed by atoms with Crippen molar-refractivity contribution in [2.24, 2.45) is 5.10 Å². The number of aryl methyl sites for hydroxylation is 1. The Morgan fingerprint density at radius 1 is 0.944 bits per heavy atom. The largest absolute Gasteiger partial charge is 0.329 e. The maximum Gasteiger partial charge on any atom is 0.329 e. The zero-order chi connectivity index (χ0) is 25.7. The number of hydrogen-bond acceptors (Lipinski definition) is 5. The van der Waals surface area contributed by atoms with Gasteiger partial charge in [-0.2, -0.15) is 5.10 Å². The lowest BCUT2D eigenvalue weighted by molar-refractivity contribution is -0.136.